The number of alkyl halides is 3. The molecule has 0 aliphatic carbocycles. The minimum atomic E-state index is -4.27. The smallest absolute Gasteiger partial charge is 0.358 e. The van der Waals surface area contributed by atoms with E-state index in [1.165, 1.54) is 4.57 Å². The molecule has 0 amide bonds. The molecular formula is C26H24ClF3N6O. The third kappa shape index (κ3) is 4.88. The van der Waals surface area contributed by atoms with Gasteiger partial charge in [0.15, 0.2) is 5.69 Å². The van der Waals surface area contributed by atoms with Gasteiger partial charge < -0.3 is 20.3 Å². The van der Waals surface area contributed by atoms with Crippen molar-refractivity contribution in [2.75, 3.05) is 13.1 Å². The fourth-order valence-corrected chi connectivity index (χ4v) is 4.78. The second-order valence-electron chi connectivity index (χ2n) is 8.66. The van der Waals surface area contributed by atoms with Gasteiger partial charge in [0.05, 0.1) is 17.9 Å². The SMILES string of the molecule is Cc1[nH]c2ccccc2c1-n1c(C#N)c(-c2c(CCCNCC(F)(F)F)[nH]c3ccccc23)[nH]c1=O.Cl. The number of nitrogens with zero attached hydrogens (tertiary/aromatic N) is 2. The average Bonchev–Trinajstić information content (AvgIpc) is 3.47. The molecule has 0 aliphatic heterocycles. The monoisotopic (exact) mass is 528 g/mol. The van der Waals surface area contributed by atoms with E-state index in [2.05, 4.69) is 26.3 Å². The molecule has 0 saturated carbocycles. The highest BCUT2D eigenvalue weighted by molar-refractivity contribution is 5.98. The van der Waals surface area contributed by atoms with Gasteiger partial charge in [-0.25, -0.2) is 9.36 Å². The lowest BCUT2D eigenvalue weighted by Crippen LogP contribution is -2.29. The van der Waals surface area contributed by atoms with Gasteiger partial charge in [-0.3, -0.25) is 0 Å². The molecule has 7 nitrogen and oxygen atoms in total. The van der Waals surface area contributed by atoms with Crippen LogP contribution in [0.5, 0.6) is 0 Å². The number of fused-ring (bicyclic) bond motifs is 2. The summed E-state index contributed by atoms with van der Waals surface area (Å²) in [6.45, 7) is 0.970. The van der Waals surface area contributed by atoms with Crippen LogP contribution in [0.3, 0.4) is 0 Å². The fourth-order valence-electron chi connectivity index (χ4n) is 4.78. The van der Waals surface area contributed by atoms with Crippen molar-refractivity contribution in [3.63, 3.8) is 0 Å². The van der Waals surface area contributed by atoms with E-state index in [4.69, 9.17) is 0 Å². The summed E-state index contributed by atoms with van der Waals surface area (Å²) >= 11 is 0. The molecular weight excluding hydrogens is 505 g/mol. The number of aromatic nitrogens is 4. The third-order valence-corrected chi connectivity index (χ3v) is 6.22. The summed E-state index contributed by atoms with van der Waals surface area (Å²) in [5.74, 6) is 0. The molecule has 37 heavy (non-hydrogen) atoms. The van der Waals surface area contributed by atoms with Crippen molar-refractivity contribution < 1.29 is 13.2 Å². The Kier molecular flexibility index (Phi) is 7.21. The molecule has 2 aromatic carbocycles. The van der Waals surface area contributed by atoms with Gasteiger partial charge >= 0.3 is 11.9 Å². The zero-order valence-electron chi connectivity index (χ0n) is 19.8. The van der Waals surface area contributed by atoms with Crippen LogP contribution < -0.4 is 11.0 Å². The summed E-state index contributed by atoms with van der Waals surface area (Å²) in [4.78, 5) is 22.7. The zero-order valence-corrected chi connectivity index (χ0v) is 20.6. The molecule has 5 rings (SSSR count). The Bertz CT molecular complexity index is 1670. The summed E-state index contributed by atoms with van der Waals surface area (Å²) in [7, 11) is 0. The number of H-pyrrole nitrogens is 3. The van der Waals surface area contributed by atoms with Crippen LogP contribution in [0.25, 0.3) is 38.8 Å². The molecule has 192 valence electrons. The predicted octanol–water partition coefficient (Wildman–Crippen LogP) is 5.48. The maximum Gasteiger partial charge on any atom is 0.401 e. The molecule has 0 spiro atoms. The van der Waals surface area contributed by atoms with Crippen molar-refractivity contribution in [2.45, 2.75) is 25.9 Å². The number of hydrogen-bond acceptors (Lipinski definition) is 3. The summed E-state index contributed by atoms with van der Waals surface area (Å²) in [6.07, 6.45) is -3.40. The van der Waals surface area contributed by atoms with E-state index in [0.29, 0.717) is 29.8 Å². The third-order valence-electron chi connectivity index (χ3n) is 6.22. The first-order valence-electron chi connectivity index (χ1n) is 11.5. The first kappa shape index (κ1) is 26.1. The van der Waals surface area contributed by atoms with Crippen molar-refractivity contribution in [1.82, 2.24) is 24.8 Å². The van der Waals surface area contributed by atoms with Gasteiger partial charge in [-0.1, -0.05) is 36.4 Å². The summed E-state index contributed by atoms with van der Waals surface area (Å²) in [5, 5.41) is 14.2. The van der Waals surface area contributed by atoms with E-state index >= 15 is 0 Å². The molecule has 0 unspecified atom stereocenters. The van der Waals surface area contributed by atoms with Gasteiger partial charge in [0.25, 0.3) is 0 Å². The van der Waals surface area contributed by atoms with Crippen LogP contribution in [0.15, 0.2) is 53.3 Å². The molecule has 0 saturated heterocycles. The van der Waals surface area contributed by atoms with Crippen LogP contribution >= 0.6 is 12.4 Å². The maximum absolute atomic E-state index is 13.3. The van der Waals surface area contributed by atoms with Crippen molar-refractivity contribution in [2.24, 2.45) is 0 Å². The second-order valence-corrected chi connectivity index (χ2v) is 8.66. The molecule has 0 radical (unpaired) electrons. The van der Waals surface area contributed by atoms with E-state index in [1.54, 1.807) is 0 Å². The minimum Gasteiger partial charge on any atom is -0.358 e. The van der Waals surface area contributed by atoms with E-state index in [9.17, 15) is 23.2 Å². The predicted molar refractivity (Wildman–Crippen MR) is 139 cm³/mol. The lowest BCUT2D eigenvalue weighted by Gasteiger charge is -2.09. The summed E-state index contributed by atoms with van der Waals surface area (Å²) in [6, 6.07) is 17.3. The van der Waals surface area contributed by atoms with Crippen LogP contribution in [-0.4, -0.2) is 38.8 Å². The topological polar surface area (TPSA) is 105 Å². The number of benzene rings is 2. The standard InChI is InChI=1S/C26H23F3N6O.ClH/c1-15-24(17-8-3-5-10-19(17)32-15)35-21(13-30)23(34-25(35)36)22-16-7-2-4-9-18(16)33-20(22)11-6-12-31-14-26(27,28)29;/h2-5,7-10,31-33H,6,11-12,14H2,1H3,(H,34,36);1H. The number of aryl methyl sites for hydroxylation is 2. The molecule has 0 fully saturated rings. The number of halogens is 4. The quantitative estimate of drug-likeness (QED) is 0.210. The Labute approximate surface area is 215 Å². The molecule has 11 heteroatoms. The minimum absolute atomic E-state index is 0. The number of nitrogens with one attached hydrogen (secondary N) is 4. The molecule has 3 aromatic heterocycles. The number of rotatable bonds is 7. The highest BCUT2D eigenvalue weighted by atomic mass is 35.5. The first-order chi connectivity index (χ1) is 17.3. The number of aromatic amines is 3. The summed E-state index contributed by atoms with van der Waals surface area (Å²) < 4.78 is 38.8. The van der Waals surface area contributed by atoms with Gasteiger partial charge in [0.2, 0.25) is 0 Å². The van der Waals surface area contributed by atoms with Crippen molar-refractivity contribution >= 4 is 34.2 Å². The van der Waals surface area contributed by atoms with Crippen LogP contribution in [0.4, 0.5) is 13.2 Å². The molecule has 5 aromatic rings. The van der Waals surface area contributed by atoms with Gasteiger partial charge in [0.1, 0.15) is 6.07 Å². The number of imidazole rings is 1. The first-order valence-corrected chi connectivity index (χ1v) is 11.5. The molecule has 3 heterocycles. The Hall–Kier alpha value is -3.94. The molecule has 0 atom stereocenters. The lowest BCUT2D eigenvalue weighted by molar-refractivity contribution is -0.124. The normalized spacial score (nSPS) is 11.6. The maximum atomic E-state index is 13.3. The van der Waals surface area contributed by atoms with E-state index in [-0.39, 0.29) is 24.6 Å². The van der Waals surface area contributed by atoms with E-state index < -0.39 is 18.4 Å². The average molecular weight is 529 g/mol. The highest BCUT2D eigenvalue weighted by Crippen LogP contribution is 2.35. The Morgan fingerprint density at radius 1 is 1.00 bits per heavy atom. The van der Waals surface area contributed by atoms with E-state index in [0.717, 1.165) is 33.2 Å². The van der Waals surface area contributed by atoms with Gasteiger partial charge in [-0.15, -0.1) is 12.4 Å². The molecule has 0 bridgehead atoms. The van der Waals surface area contributed by atoms with Crippen molar-refractivity contribution in [3.05, 3.63) is 76.1 Å². The fraction of sp³-hybridized carbons (Fsp3) is 0.231. The summed E-state index contributed by atoms with van der Waals surface area (Å²) in [5.41, 5.74) is 4.52. The van der Waals surface area contributed by atoms with Crippen molar-refractivity contribution in [3.8, 4) is 23.0 Å². The van der Waals surface area contributed by atoms with E-state index in [1.807, 2.05) is 55.5 Å². The van der Waals surface area contributed by atoms with Gasteiger partial charge in [0, 0.05) is 38.8 Å². The Morgan fingerprint density at radius 3 is 2.32 bits per heavy atom. The van der Waals surface area contributed by atoms with Crippen LogP contribution in [-0.2, 0) is 6.42 Å². The highest BCUT2D eigenvalue weighted by Gasteiger charge is 2.27. The Balaban J connectivity index is 0.00000320. The Morgan fingerprint density at radius 2 is 1.65 bits per heavy atom. The number of hydrogen-bond donors (Lipinski definition) is 4. The van der Waals surface area contributed by atoms with Crippen LogP contribution in [0.2, 0.25) is 0 Å². The number of nitriles is 1. The van der Waals surface area contributed by atoms with Crippen LogP contribution in [0, 0.1) is 18.3 Å². The van der Waals surface area contributed by atoms with Crippen LogP contribution in [0.1, 0.15) is 23.5 Å². The molecule has 4 N–H and O–H groups in total. The van der Waals surface area contributed by atoms with Gasteiger partial charge in [-0.2, -0.15) is 18.4 Å². The molecule has 0 aliphatic rings. The van der Waals surface area contributed by atoms with Crippen molar-refractivity contribution in [1.29, 1.82) is 5.26 Å². The van der Waals surface area contributed by atoms with Gasteiger partial charge in [-0.05, 0) is 38.4 Å². The lowest BCUT2D eigenvalue weighted by atomic mass is 10.0. The largest absolute Gasteiger partial charge is 0.401 e. The zero-order chi connectivity index (χ0) is 25.4. The second kappa shape index (κ2) is 10.2. The number of para-hydroxylation sites is 2.